The van der Waals surface area contributed by atoms with Crippen LogP contribution < -0.4 is 11.1 Å². The van der Waals surface area contributed by atoms with Gasteiger partial charge in [0, 0.05) is 32.1 Å². The van der Waals surface area contributed by atoms with Gasteiger partial charge in [-0.3, -0.25) is 14.2 Å². The van der Waals surface area contributed by atoms with E-state index >= 15 is 0 Å². The van der Waals surface area contributed by atoms with Crippen LogP contribution in [-0.2, 0) is 20.0 Å². The molecule has 9 heteroatoms. The van der Waals surface area contributed by atoms with Crippen molar-refractivity contribution < 1.29 is 4.39 Å². The molecule has 1 saturated carbocycles. The molecule has 2 fully saturated rings. The largest absolute Gasteiger partial charge is 0.302 e. The summed E-state index contributed by atoms with van der Waals surface area (Å²) in [5, 5.41) is 6.07. The third-order valence-corrected chi connectivity index (χ3v) is 7.27. The van der Waals surface area contributed by atoms with Crippen molar-refractivity contribution in [2.45, 2.75) is 32.2 Å². The fourth-order valence-corrected chi connectivity index (χ4v) is 5.77. The van der Waals surface area contributed by atoms with Gasteiger partial charge in [-0.25, -0.2) is 9.67 Å². The zero-order valence-corrected chi connectivity index (χ0v) is 18.7. The van der Waals surface area contributed by atoms with E-state index in [1.807, 2.05) is 12.1 Å². The van der Waals surface area contributed by atoms with E-state index in [9.17, 15) is 14.0 Å². The van der Waals surface area contributed by atoms with E-state index in [4.69, 9.17) is 11.6 Å². The van der Waals surface area contributed by atoms with Gasteiger partial charge >= 0.3 is 0 Å². The lowest BCUT2D eigenvalue weighted by Gasteiger charge is -2.59. The zero-order chi connectivity index (χ0) is 22.5. The molecule has 0 unspecified atom stereocenters. The van der Waals surface area contributed by atoms with Crippen molar-refractivity contribution in [3.05, 3.63) is 68.0 Å². The summed E-state index contributed by atoms with van der Waals surface area (Å²) in [6.07, 6.45) is 8.18. The highest BCUT2D eigenvalue weighted by Gasteiger charge is 2.51. The summed E-state index contributed by atoms with van der Waals surface area (Å²) in [6, 6.07) is 3.84. The molecule has 0 radical (unpaired) electrons. The summed E-state index contributed by atoms with van der Waals surface area (Å²) in [5.74, 6) is -0.206. The fourth-order valence-electron chi connectivity index (χ4n) is 5.52. The summed E-state index contributed by atoms with van der Waals surface area (Å²) < 4.78 is 16.0. The Kier molecular flexibility index (Phi) is 5.37. The van der Waals surface area contributed by atoms with E-state index in [0.29, 0.717) is 28.3 Å². The van der Waals surface area contributed by atoms with Gasteiger partial charge in [-0.2, -0.15) is 9.49 Å². The van der Waals surface area contributed by atoms with E-state index in [1.54, 1.807) is 13.2 Å². The summed E-state index contributed by atoms with van der Waals surface area (Å²) in [5.41, 5.74) is 0.772. The third-order valence-electron chi connectivity index (χ3n) is 6.96. The van der Waals surface area contributed by atoms with Crippen LogP contribution in [0.1, 0.15) is 24.8 Å². The predicted molar refractivity (Wildman–Crippen MR) is 120 cm³/mol. The molecule has 7 nitrogen and oxygen atoms in total. The first-order valence-electron chi connectivity index (χ1n) is 10.9. The Balaban J connectivity index is 1.13. The first-order valence-corrected chi connectivity index (χ1v) is 11.3. The van der Waals surface area contributed by atoms with E-state index < -0.39 is 11.4 Å². The number of aromatic nitrogens is 4. The molecule has 3 heterocycles. The van der Waals surface area contributed by atoms with Crippen molar-refractivity contribution >= 4 is 22.4 Å². The maximum Gasteiger partial charge on any atom is 0.289 e. The summed E-state index contributed by atoms with van der Waals surface area (Å²) >= 11 is 6.29. The number of likely N-dealkylation sites (tertiary alicyclic amines) is 1. The van der Waals surface area contributed by atoms with Crippen molar-refractivity contribution in [2.24, 2.45) is 18.4 Å². The molecule has 0 bridgehead atoms. The molecule has 1 spiro atoms. The second kappa shape index (κ2) is 8.08. The number of fused-ring (bicyclic) bond motifs is 1. The number of hydrogen-bond acceptors (Lipinski definition) is 5. The summed E-state index contributed by atoms with van der Waals surface area (Å²) in [4.78, 5) is 30.3. The van der Waals surface area contributed by atoms with Crippen molar-refractivity contribution in [2.75, 3.05) is 19.6 Å². The highest BCUT2D eigenvalue weighted by Crippen LogP contribution is 2.53. The highest BCUT2D eigenvalue weighted by molar-refractivity contribution is 6.35. The van der Waals surface area contributed by atoms with Crippen molar-refractivity contribution in [1.29, 1.82) is 0 Å². The van der Waals surface area contributed by atoms with E-state index in [-0.39, 0.29) is 5.56 Å². The molecule has 1 saturated heterocycles. The molecule has 1 aromatic carbocycles. The average molecular weight is 458 g/mol. The Morgan fingerprint density at radius 1 is 1.16 bits per heavy atom. The van der Waals surface area contributed by atoms with Crippen molar-refractivity contribution in [3.8, 4) is 0 Å². The molecular formula is C23H25ClFN5O2. The maximum atomic E-state index is 13.3. The quantitative estimate of drug-likeness (QED) is 0.569. The van der Waals surface area contributed by atoms with Gasteiger partial charge in [-0.15, -0.1) is 0 Å². The van der Waals surface area contributed by atoms with E-state index in [0.717, 1.165) is 49.6 Å². The minimum atomic E-state index is -0.805. The number of halogens is 2. The molecule has 1 aliphatic carbocycles. The Morgan fingerprint density at radius 2 is 1.94 bits per heavy atom. The second-order valence-electron chi connectivity index (χ2n) is 9.35. The van der Waals surface area contributed by atoms with Crippen LogP contribution in [0.2, 0.25) is 5.02 Å². The molecule has 0 N–H and O–H groups in total. The van der Waals surface area contributed by atoms with Crippen LogP contribution >= 0.6 is 11.6 Å². The van der Waals surface area contributed by atoms with Crippen LogP contribution in [0.5, 0.6) is 0 Å². The fraction of sp³-hybridized carbons (Fsp3) is 0.478. The van der Waals surface area contributed by atoms with Crippen LogP contribution in [0, 0.1) is 17.2 Å². The lowest BCUT2D eigenvalue weighted by Crippen LogP contribution is -2.62. The van der Waals surface area contributed by atoms with Crippen LogP contribution in [0.3, 0.4) is 0 Å². The Hall–Kier alpha value is -2.58. The Bertz CT molecular complexity index is 1290. The van der Waals surface area contributed by atoms with Crippen molar-refractivity contribution in [1.82, 2.24) is 24.2 Å². The molecule has 32 heavy (non-hydrogen) atoms. The van der Waals surface area contributed by atoms with E-state index in [1.165, 1.54) is 28.4 Å². The van der Waals surface area contributed by atoms with Gasteiger partial charge in [-0.1, -0.05) is 17.7 Å². The molecular weight excluding hydrogens is 433 g/mol. The highest BCUT2D eigenvalue weighted by atomic mass is 35.5. The van der Waals surface area contributed by atoms with Crippen LogP contribution in [0.4, 0.5) is 4.39 Å². The number of benzene rings is 1. The van der Waals surface area contributed by atoms with Crippen LogP contribution in [-0.4, -0.2) is 43.9 Å². The zero-order valence-electron chi connectivity index (χ0n) is 17.9. The lowest BCUT2D eigenvalue weighted by molar-refractivity contribution is -0.0939. The maximum absolute atomic E-state index is 13.3. The summed E-state index contributed by atoms with van der Waals surface area (Å²) in [6.45, 7) is 3.52. The smallest absolute Gasteiger partial charge is 0.289 e. The van der Waals surface area contributed by atoms with Gasteiger partial charge in [0.15, 0.2) is 0 Å². The molecule has 3 aromatic rings. The van der Waals surface area contributed by atoms with Gasteiger partial charge in [-0.05, 0) is 55.2 Å². The molecule has 2 aromatic heterocycles. The van der Waals surface area contributed by atoms with E-state index in [2.05, 4.69) is 15.0 Å². The molecule has 168 valence electrons. The monoisotopic (exact) mass is 457 g/mol. The average Bonchev–Trinajstić information content (AvgIpc) is 2.71. The van der Waals surface area contributed by atoms with Crippen LogP contribution in [0.15, 0.2) is 40.4 Å². The molecule has 0 atom stereocenters. The number of nitrogens with zero attached hydrogens (tertiary/aromatic N) is 5. The number of aryl methyl sites for hydroxylation is 2. The first kappa shape index (κ1) is 21.3. The normalized spacial score (nSPS) is 18.1. The van der Waals surface area contributed by atoms with Gasteiger partial charge in [0.25, 0.3) is 11.1 Å². The van der Waals surface area contributed by atoms with Gasteiger partial charge in [0.1, 0.15) is 0 Å². The Morgan fingerprint density at radius 3 is 2.72 bits per heavy atom. The molecule has 1 aliphatic heterocycles. The second-order valence-corrected chi connectivity index (χ2v) is 9.76. The molecule has 5 rings (SSSR count). The third kappa shape index (κ3) is 3.75. The SMILES string of the molecule is Cn1ncc2c(CC3CC4(C3)CN(CCCn3cncc(F)c3=O)C4)ccc(Cl)c2c1=O. The molecule has 2 aliphatic rings. The minimum absolute atomic E-state index is 0.162. The van der Waals surface area contributed by atoms with Gasteiger partial charge in [0.2, 0.25) is 5.82 Å². The number of rotatable bonds is 6. The van der Waals surface area contributed by atoms with Crippen LogP contribution in [0.25, 0.3) is 10.8 Å². The Labute approximate surface area is 189 Å². The predicted octanol–water partition coefficient (Wildman–Crippen LogP) is 2.63. The lowest BCUT2D eigenvalue weighted by atomic mass is 9.56. The standard InChI is InChI=1S/C23H25ClFN5O2/c1-28-22(32)20-17(10-27-28)16(3-4-18(20)24)7-15-8-23(9-15)12-29(13-23)5-2-6-30-14-26-11-19(25)21(30)31/h3-4,10-11,14-15H,2,5-9,12-13H2,1H3. The first-order chi connectivity index (χ1) is 15.3. The molecule has 0 amide bonds. The minimum Gasteiger partial charge on any atom is -0.302 e. The number of hydrogen-bond donors (Lipinski definition) is 0. The van der Waals surface area contributed by atoms with Gasteiger partial charge < -0.3 is 4.90 Å². The topological polar surface area (TPSA) is 73.0 Å². The van der Waals surface area contributed by atoms with Gasteiger partial charge in [0.05, 0.1) is 29.1 Å². The summed E-state index contributed by atoms with van der Waals surface area (Å²) in [7, 11) is 1.64. The van der Waals surface area contributed by atoms with Crippen molar-refractivity contribution in [3.63, 3.8) is 0 Å².